The van der Waals surface area contributed by atoms with Crippen LogP contribution in [-0.4, -0.2) is 18.6 Å². The molecule has 1 aliphatic rings. The number of amides is 1. The molecule has 2 rings (SSSR count). The molecule has 0 radical (unpaired) electrons. The van der Waals surface area contributed by atoms with Crippen LogP contribution in [0.4, 0.5) is 5.69 Å². The highest BCUT2D eigenvalue weighted by molar-refractivity contribution is 5.78. The zero-order chi connectivity index (χ0) is 14.4. The number of rotatable bonds is 4. The third-order valence-corrected chi connectivity index (χ3v) is 3.75. The Morgan fingerprint density at radius 3 is 2.70 bits per heavy atom. The molecule has 1 amide bonds. The first-order chi connectivity index (χ1) is 9.65. The number of nitrogens with one attached hydrogen (secondary N) is 1. The molecular weight excluding hydrogens is 252 g/mol. The average molecular weight is 276 g/mol. The standard InChI is InChI=1S/C16H24N2O2/c1-12-8-9-14(17)15(10-12)20-11-16(19)18-13-6-4-2-3-5-7-13/h8-10,13H,2-7,11,17H2,1H3,(H,18,19). The molecule has 4 heteroatoms. The van der Waals surface area contributed by atoms with Crippen LogP contribution >= 0.6 is 0 Å². The van der Waals surface area contributed by atoms with E-state index in [1.54, 1.807) is 6.07 Å². The van der Waals surface area contributed by atoms with Crippen LogP contribution in [0, 0.1) is 6.92 Å². The average Bonchev–Trinajstić information content (AvgIpc) is 2.68. The predicted octanol–water partition coefficient (Wildman–Crippen LogP) is 2.80. The summed E-state index contributed by atoms with van der Waals surface area (Å²) in [5.41, 5.74) is 7.46. The van der Waals surface area contributed by atoms with E-state index in [0.29, 0.717) is 17.5 Å². The number of anilines is 1. The molecule has 1 aromatic rings. The number of hydrogen-bond acceptors (Lipinski definition) is 3. The molecule has 1 saturated carbocycles. The van der Waals surface area contributed by atoms with Gasteiger partial charge in [-0.15, -0.1) is 0 Å². The summed E-state index contributed by atoms with van der Waals surface area (Å²) in [5, 5.41) is 3.06. The highest BCUT2D eigenvalue weighted by Crippen LogP contribution is 2.22. The number of nitrogen functional groups attached to an aromatic ring is 1. The summed E-state index contributed by atoms with van der Waals surface area (Å²) in [6.45, 7) is 2.00. The zero-order valence-electron chi connectivity index (χ0n) is 12.2. The van der Waals surface area contributed by atoms with Crippen LogP contribution in [-0.2, 0) is 4.79 Å². The summed E-state index contributed by atoms with van der Waals surface area (Å²) in [6.07, 6.45) is 7.13. The number of nitrogens with two attached hydrogens (primary N) is 1. The maximum atomic E-state index is 11.9. The molecule has 1 fully saturated rings. The Balaban J connectivity index is 1.81. The van der Waals surface area contributed by atoms with Crippen molar-refractivity contribution in [3.8, 4) is 5.75 Å². The molecule has 0 atom stereocenters. The highest BCUT2D eigenvalue weighted by atomic mass is 16.5. The molecule has 0 heterocycles. The predicted molar refractivity (Wildman–Crippen MR) is 80.7 cm³/mol. The van der Waals surface area contributed by atoms with Crippen molar-refractivity contribution in [1.82, 2.24) is 5.32 Å². The summed E-state index contributed by atoms with van der Waals surface area (Å²) >= 11 is 0. The van der Waals surface area contributed by atoms with Crippen LogP contribution < -0.4 is 15.8 Å². The highest BCUT2D eigenvalue weighted by Gasteiger charge is 2.15. The van der Waals surface area contributed by atoms with E-state index in [2.05, 4.69) is 5.32 Å². The largest absolute Gasteiger partial charge is 0.482 e. The van der Waals surface area contributed by atoms with E-state index in [4.69, 9.17) is 10.5 Å². The van der Waals surface area contributed by atoms with Crippen molar-refractivity contribution in [1.29, 1.82) is 0 Å². The normalized spacial score (nSPS) is 16.4. The van der Waals surface area contributed by atoms with Crippen LogP contribution in [0.5, 0.6) is 5.75 Å². The van der Waals surface area contributed by atoms with Crippen molar-refractivity contribution in [3.05, 3.63) is 23.8 Å². The van der Waals surface area contributed by atoms with Gasteiger partial charge in [0, 0.05) is 6.04 Å². The van der Waals surface area contributed by atoms with Crippen LogP contribution in [0.1, 0.15) is 44.1 Å². The third-order valence-electron chi connectivity index (χ3n) is 3.75. The van der Waals surface area contributed by atoms with E-state index in [0.717, 1.165) is 18.4 Å². The molecule has 3 N–H and O–H groups in total. The Morgan fingerprint density at radius 1 is 1.30 bits per heavy atom. The lowest BCUT2D eigenvalue weighted by Gasteiger charge is -2.16. The van der Waals surface area contributed by atoms with E-state index < -0.39 is 0 Å². The summed E-state index contributed by atoms with van der Waals surface area (Å²) in [5.74, 6) is 0.527. The zero-order valence-corrected chi connectivity index (χ0v) is 12.2. The molecule has 1 aliphatic carbocycles. The molecule has 4 nitrogen and oxygen atoms in total. The Bertz CT molecular complexity index is 452. The molecule has 0 saturated heterocycles. The van der Waals surface area contributed by atoms with Gasteiger partial charge >= 0.3 is 0 Å². The molecule has 1 aromatic carbocycles. The molecule has 0 bridgehead atoms. The van der Waals surface area contributed by atoms with Crippen molar-refractivity contribution in [2.75, 3.05) is 12.3 Å². The van der Waals surface area contributed by atoms with E-state index in [-0.39, 0.29) is 12.5 Å². The van der Waals surface area contributed by atoms with E-state index >= 15 is 0 Å². The van der Waals surface area contributed by atoms with E-state index in [1.165, 1.54) is 25.7 Å². The smallest absolute Gasteiger partial charge is 0.258 e. The lowest BCUT2D eigenvalue weighted by Crippen LogP contribution is -2.37. The Morgan fingerprint density at radius 2 is 2.00 bits per heavy atom. The Labute approximate surface area is 120 Å². The fraction of sp³-hybridized carbons (Fsp3) is 0.562. The van der Waals surface area contributed by atoms with Gasteiger partial charge < -0.3 is 15.8 Å². The van der Waals surface area contributed by atoms with Gasteiger partial charge in [-0.25, -0.2) is 0 Å². The second-order valence-electron chi connectivity index (χ2n) is 5.59. The van der Waals surface area contributed by atoms with Crippen LogP contribution in [0.3, 0.4) is 0 Å². The maximum Gasteiger partial charge on any atom is 0.258 e. The van der Waals surface area contributed by atoms with Crippen LogP contribution in [0.2, 0.25) is 0 Å². The number of aryl methyl sites for hydroxylation is 1. The molecule has 20 heavy (non-hydrogen) atoms. The SMILES string of the molecule is Cc1ccc(N)c(OCC(=O)NC2CCCCCC2)c1. The first-order valence-corrected chi connectivity index (χ1v) is 7.43. The van der Waals surface area contributed by atoms with Gasteiger partial charge in [-0.05, 0) is 37.5 Å². The van der Waals surface area contributed by atoms with Crippen molar-refractivity contribution in [2.45, 2.75) is 51.5 Å². The molecule has 110 valence electrons. The molecular formula is C16H24N2O2. The fourth-order valence-corrected chi connectivity index (χ4v) is 2.60. The lowest BCUT2D eigenvalue weighted by atomic mass is 10.1. The quantitative estimate of drug-likeness (QED) is 0.656. The monoisotopic (exact) mass is 276 g/mol. The van der Waals surface area contributed by atoms with Crippen molar-refractivity contribution in [2.24, 2.45) is 0 Å². The summed E-state index contributed by atoms with van der Waals surface area (Å²) in [7, 11) is 0. The number of ether oxygens (including phenoxy) is 1. The van der Waals surface area contributed by atoms with Crippen LogP contribution in [0.25, 0.3) is 0 Å². The number of hydrogen-bond donors (Lipinski definition) is 2. The first-order valence-electron chi connectivity index (χ1n) is 7.43. The van der Waals surface area contributed by atoms with Gasteiger partial charge in [-0.1, -0.05) is 31.7 Å². The first kappa shape index (κ1) is 14.7. The second-order valence-corrected chi connectivity index (χ2v) is 5.59. The fourth-order valence-electron chi connectivity index (χ4n) is 2.60. The minimum atomic E-state index is -0.0576. The van der Waals surface area contributed by atoms with Crippen molar-refractivity contribution in [3.63, 3.8) is 0 Å². The minimum Gasteiger partial charge on any atom is -0.482 e. The van der Waals surface area contributed by atoms with E-state index in [1.807, 2.05) is 19.1 Å². The molecule has 0 spiro atoms. The van der Waals surface area contributed by atoms with Crippen LogP contribution in [0.15, 0.2) is 18.2 Å². The summed E-state index contributed by atoms with van der Waals surface area (Å²) in [4.78, 5) is 11.9. The van der Waals surface area contributed by atoms with E-state index in [9.17, 15) is 4.79 Å². The third kappa shape index (κ3) is 4.44. The summed E-state index contributed by atoms with van der Waals surface area (Å²) in [6, 6.07) is 5.89. The van der Waals surface area contributed by atoms with Gasteiger partial charge in [-0.2, -0.15) is 0 Å². The topological polar surface area (TPSA) is 64.3 Å². The van der Waals surface area contributed by atoms with Gasteiger partial charge in [0.15, 0.2) is 6.61 Å². The van der Waals surface area contributed by atoms with Gasteiger partial charge in [0.25, 0.3) is 5.91 Å². The van der Waals surface area contributed by atoms with Crippen molar-refractivity contribution >= 4 is 11.6 Å². The lowest BCUT2D eigenvalue weighted by molar-refractivity contribution is -0.123. The maximum absolute atomic E-state index is 11.9. The molecule has 0 unspecified atom stereocenters. The Kier molecular flexibility index (Phi) is 5.27. The second kappa shape index (κ2) is 7.17. The van der Waals surface area contributed by atoms with Gasteiger partial charge in [-0.3, -0.25) is 4.79 Å². The number of carbonyl (C=O) groups is 1. The van der Waals surface area contributed by atoms with Gasteiger partial charge in [0.2, 0.25) is 0 Å². The number of benzene rings is 1. The van der Waals surface area contributed by atoms with Gasteiger partial charge in [0.05, 0.1) is 5.69 Å². The minimum absolute atomic E-state index is 0.0319. The van der Waals surface area contributed by atoms with Gasteiger partial charge in [0.1, 0.15) is 5.75 Å². The van der Waals surface area contributed by atoms with Crippen molar-refractivity contribution < 1.29 is 9.53 Å². The number of carbonyl (C=O) groups excluding carboxylic acids is 1. The summed E-state index contributed by atoms with van der Waals surface area (Å²) < 4.78 is 5.52. The Hall–Kier alpha value is -1.71. The molecule has 0 aromatic heterocycles. The molecule has 0 aliphatic heterocycles.